The Labute approximate surface area is 110 Å². The molecule has 0 aliphatic heterocycles. The molecule has 1 aromatic heterocycles. The standard InChI is InChI=1S/C13H16BrN3/c1-8-4-5-11(6-9(8)2)7-17-13(15)12(14)10(3)16-17/h4-6H,7,15H2,1-3H3. The molecular weight excluding hydrogens is 278 g/mol. The van der Waals surface area contributed by atoms with Gasteiger partial charge in [0.25, 0.3) is 0 Å². The van der Waals surface area contributed by atoms with Gasteiger partial charge in [0.05, 0.1) is 16.7 Å². The lowest BCUT2D eigenvalue weighted by molar-refractivity contribution is 0.689. The Bertz CT molecular complexity index is 558. The fraction of sp³-hybridized carbons (Fsp3) is 0.308. The Morgan fingerprint density at radius 2 is 1.94 bits per heavy atom. The number of aryl methyl sites for hydroxylation is 3. The smallest absolute Gasteiger partial charge is 0.136 e. The highest BCUT2D eigenvalue weighted by molar-refractivity contribution is 9.10. The van der Waals surface area contributed by atoms with Gasteiger partial charge >= 0.3 is 0 Å². The minimum atomic E-state index is 0.681. The number of halogens is 1. The van der Waals surface area contributed by atoms with Crippen molar-refractivity contribution in [2.24, 2.45) is 0 Å². The van der Waals surface area contributed by atoms with Crippen LogP contribution in [0.25, 0.3) is 0 Å². The van der Waals surface area contributed by atoms with Gasteiger partial charge in [-0.25, -0.2) is 4.68 Å². The molecule has 1 heterocycles. The highest BCUT2D eigenvalue weighted by atomic mass is 79.9. The molecule has 90 valence electrons. The van der Waals surface area contributed by atoms with Crippen molar-refractivity contribution in [2.45, 2.75) is 27.3 Å². The van der Waals surface area contributed by atoms with Crippen molar-refractivity contribution in [1.29, 1.82) is 0 Å². The van der Waals surface area contributed by atoms with Crippen molar-refractivity contribution in [3.63, 3.8) is 0 Å². The van der Waals surface area contributed by atoms with Crippen molar-refractivity contribution in [2.75, 3.05) is 5.73 Å². The first-order valence-corrected chi connectivity index (χ1v) is 6.33. The van der Waals surface area contributed by atoms with Crippen LogP contribution in [0.2, 0.25) is 0 Å². The molecule has 17 heavy (non-hydrogen) atoms. The summed E-state index contributed by atoms with van der Waals surface area (Å²) >= 11 is 3.43. The average Bonchev–Trinajstić information content (AvgIpc) is 2.52. The predicted octanol–water partition coefficient (Wildman–Crippen LogP) is 3.20. The Hall–Kier alpha value is -1.29. The molecule has 0 spiro atoms. The van der Waals surface area contributed by atoms with E-state index < -0.39 is 0 Å². The third-order valence-electron chi connectivity index (χ3n) is 2.99. The van der Waals surface area contributed by atoms with E-state index in [4.69, 9.17) is 5.73 Å². The molecule has 3 nitrogen and oxygen atoms in total. The topological polar surface area (TPSA) is 43.8 Å². The van der Waals surface area contributed by atoms with Crippen molar-refractivity contribution in [3.8, 4) is 0 Å². The quantitative estimate of drug-likeness (QED) is 0.924. The van der Waals surface area contributed by atoms with E-state index in [1.807, 2.05) is 11.6 Å². The molecule has 0 saturated carbocycles. The number of benzene rings is 1. The van der Waals surface area contributed by atoms with Crippen molar-refractivity contribution >= 4 is 21.7 Å². The maximum absolute atomic E-state index is 5.97. The van der Waals surface area contributed by atoms with Gasteiger partial charge in [-0.1, -0.05) is 18.2 Å². The van der Waals surface area contributed by atoms with Gasteiger partial charge in [-0.3, -0.25) is 0 Å². The van der Waals surface area contributed by atoms with Crippen molar-refractivity contribution < 1.29 is 0 Å². The summed E-state index contributed by atoms with van der Waals surface area (Å²) in [5.74, 6) is 0.681. The lowest BCUT2D eigenvalue weighted by Crippen LogP contribution is -2.06. The average molecular weight is 294 g/mol. The maximum Gasteiger partial charge on any atom is 0.136 e. The summed E-state index contributed by atoms with van der Waals surface area (Å²) < 4.78 is 2.71. The van der Waals surface area contributed by atoms with Crippen LogP contribution >= 0.6 is 15.9 Å². The second kappa shape index (κ2) is 4.53. The fourth-order valence-electron chi connectivity index (χ4n) is 1.77. The normalized spacial score (nSPS) is 10.8. The Kier molecular flexibility index (Phi) is 3.24. The van der Waals surface area contributed by atoms with Gasteiger partial charge < -0.3 is 5.73 Å². The molecule has 0 saturated heterocycles. The number of anilines is 1. The van der Waals surface area contributed by atoms with Gasteiger partial charge in [0.1, 0.15) is 5.82 Å². The van der Waals surface area contributed by atoms with Crippen LogP contribution in [0.4, 0.5) is 5.82 Å². The highest BCUT2D eigenvalue weighted by Crippen LogP contribution is 2.23. The SMILES string of the molecule is Cc1ccc(Cn2nc(C)c(Br)c2N)cc1C. The zero-order valence-corrected chi connectivity index (χ0v) is 11.9. The Morgan fingerprint density at radius 3 is 2.47 bits per heavy atom. The molecule has 0 atom stereocenters. The molecule has 2 N–H and O–H groups in total. The molecule has 0 bridgehead atoms. The molecule has 4 heteroatoms. The van der Waals surface area contributed by atoms with Crippen LogP contribution in [0, 0.1) is 20.8 Å². The molecule has 0 unspecified atom stereocenters. The van der Waals surface area contributed by atoms with Crippen LogP contribution in [0.1, 0.15) is 22.4 Å². The fourth-order valence-corrected chi connectivity index (χ4v) is 2.06. The minimum absolute atomic E-state index is 0.681. The number of nitrogen functional groups attached to an aromatic ring is 1. The summed E-state index contributed by atoms with van der Waals surface area (Å²) in [6, 6.07) is 6.43. The number of hydrogen-bond donors (Lipinski definition) is 1. The molecule has 2 rings (SSSR count). The van der Waals surface area contributed by atoms with Crippen molar-refractivity contribution in [1.82, 2.24) is 9.78 Å². The van der Waals surface area contributed by atoms with Gasteiger partial charge in [-0.15, -0.1) is 0 Å². The molecule has 0 radical (unpaired) electrons. The Balaban J connectivity index is 2.31. The first kappa shape index (κ1) is 12.2. The minimum Gasteiger partial charge on any atom is -0.383 e. The summed E-state index contributed by atoms with van der Waals surface area (Å²) in [7, 11) is 0. The largest absolute Gasteiger partial charge is 0.383 e. The van der Waals surface area contributed by atoms with Gasteiger partial charge in [-0.2, -0.15) is 5.10 Å². The molecule has 0 fully saturated rings. The van der Waals surface area contributed by atoms with Crippen LogP contribution in [-0.4, -0.2) is 9.78 Å². The lowest BCUT2D eigenvalue weighted by atomic mass is 10.1. The number of rotatable bonds is 2. The van der Waals surface area contributed by atoms with Gasteiger partial charge in [0.15, 0.2) is 0 Å². The molecule has 0 aliphatic carbocycles. The van der Waals surface area contributed by atoms with E-state index in [9.17, 15) is 0 Å². The van der Waals surface area contributed by atoms with E-state index in [1.54, 1.807) is 0 Å². The van der Waals surface area contributed by atoms with Crippen LogP contribution in [0.15, 0.2) is 22.7 Å². The number of nitrogens with zero attached hydrogens (tertiary/aromatic N) is 2. The highest BCUT2D eigenvalue weighted by Gasteiger charge is 2.09. The number of nitrogens with two attached hydrogens (primary N) is 1. The van der Waals surface area contributed by atoms with Gasteiger partial charge in [0.2, 0.25) is 0 Å². The van der Waals surface area contributed by atoms with Crippen LogP contribution in [0.3, 0.4) is 0 Å². The van der Waals surface area contributed by atoms with Crippen LogP contribution in [0.5, 0.6) is 0 Å². The first-order chi connectivity index (χ1) is 7.99. The maximum atomic E-state index is 5.97. The monoisotopic (exact) mass is 293 g/mol. The molecule has 0 amide bonds. The van der Waals surface area contributed by atoms with Crippen LogP contribution in [-0.2, 0) is 6.54 Å². The number of aromatic nitrogens is 2. The van der Waals surface area contributed by atoms with Gasteiger partial charge in [-0.05, 0) is 53.4 Å². The summed E-state index contributed by atoms with van der Waals surface area (Å²) in [6.45, 7) is 6.88. The third kappa shape index (κ3) is 2.36. The molecule has 0 aliphatic rings. The van der Waals surface area contributed by atoms with E-state index in [0.717, 1.165) is 10.2 Å². The summed E-state index contributed by atoms with van der Waals surface area (Å²) in [4.78, 5) is 0. The van der Waals surface area contributed by atoms with Gasteiger partial charge in [0, 0.05) is 0 Å². The Morgan fingerprint density at radius 1 is 1.24 bits per heavy atom. The predicted molar refractivity (Wildman–Crippen MR) is 74.1 cm³/mol. The first-order valence-electron chi connectivity index (χ1n) is 5.53. The van der Waals surface area contributed by atoms with E-state index in [2.05, 4.69) is 53.1 Å². The molecule has 2 aromatic rings. The van der Waals surface area contributed by atoms with E-state index in [0.29, 0.717) is 12.4 Å². The summed E-state index contributed by atoms with van der Waals surface area (Å²) in [6.07, 6.45) is 0. The summed E-state index contributed by atoms with van der Waals surface area (Å²) in [5.41, 5.74) is 10.7. The van der Waals surface area contributed by atoms with E-state index >= 15 is 0 Å². The number of hydrogen-bond acceptors (Lipinski definition) is 2. The van der Waals surface area contributed by atoms with Crippen LogP contribution < -0.4 is 5.73 Å². The second-order valence-corrected chi connectivity index (χ2v) is 5.15. The van der Waals surface area contributed by atoms with E-state index in [1.165, 1.54) is 16.7 Å². The third-order valence-corrected chi connectivity index (χ3v) is 3.98. The second-order valence-electron chi connectivity index (χ2n) is 4.36. The lowest BCUT2D eigenvalue weighted by Gasteiger charge is -2.07. The zero-order valence-electron chi connectivity index (χ0n) is 10.3. The van der Waals surface area contributed by atoms with E-state index in [-0.39, 0.29) is 0 Å². The zero-order chi connectivity index (χ0) is 12.6. The molecular formula is C13H16BrN3. The molecule has 1 aromatic carbocycles. The van der Waals surface area contributed by atoms with Crippen molar-refractivity contribution in [3.05, 3.63) is 45.1 Å². The summed E-state index contributed by atoms with van der Waals surface area (Å²) in [5, 5.41) is 4.40.